The van der Waals surface area contributed by atoms with Crippen LogP contribution in [0.1, 0.15) is 32.0 Å². The summed E-state index contributed by atoms with van der Waals surface area (Å²) in [4.78, 5) is 13.7. The predicted molar refractivity (Wildman–Crippen MR) is 107 cm³/mol. The summed E-state index contributed by atoms with van der Waals surface area (Å²) in [5.41, 5.74) is 0. The molecule has 6 nitrogen and oxygen atoms in total. The summed E-state index contributed by atoms with van der Waals surface area (Å²) < 4.78 is 4.38. The lowest BCUT2D eigenvalue weighted by Crippen LogP contribution is -2.53. The summed E-state index contributed by atoms with van der Waals surface area (Å²) in [6, 6.07) is 0. The molecule has 0 atom stereocenters. The van der Waals surface area contributed by atoms with Crippen LogP contribution in [0.4, 0.5) is 5.13 Å². The third kappa shape index (κ3) is 4.68. The lowest BCUT2D eigenvalue weighted by molar-refractivity contribution is 0.305. The molecule has 1 saturated heterocycles. The maximum Gasteiger partial charge on any atom is 0.205 e. The zero-order valence-electron chi connectivity index (χ0n) is 14.0. The third-order valence-corrected chi connectivity index (χ3v) is 5.42. The van der Waals surface area contributed by atoms with Crippen LogP contribution in [0.3, 0.4) is 0 Å². The highest BCUT2D eigenvalue weighted by Gasteiger charge is 2.23. The first-order valence-corrected chi connectivity index (χ1v) is 9.10. The minimum atomic E-state index is 0. The number of hydrogen-bond donors (Lipinski definition) is 1. The average Bonchev–Trinajstić information content (AvgIpc) is 2.99. The first kappa shape index (κ1) is 18.7. The molecule has 3 rings (SSSR count). The van der Waals surface area contributed by atoms with Gasteiger partial charge < -0.3 is 15.1 Å². The molecule has 2 fully saturated rings. The number of anilines is 1. The summed E-state index contributed by atoms with van der Waals surface area (Å²) in [7, 11) is 1.88. The van der Waals surface area contributed by atoms with E-state index in [4.69, 9.17) is 0 Å². The molecule has 1 aliphatic carbocycles. The Labute approximate surface area is 159 Å². The molecular formula is C15H27IN6S. The van der Waals surface area contributed by atoms with Crippen molar-refractivity contribution in [2.24, 2.45) is 10.9 Å². The van der Waals surface area contributed by atoms with Crippen molar-refractivity contribution in [2.75, 3.05) is 44.7 Å². The van der Waals surface area contributed by atoms with Gasteiger partial charge in [0.05, 0.1) is 0 Å². The summed E-state index contributed by atoms with van der Waals surface area (Å²) in [6.45, 7) is 7.13. The smallest absolute Gasteiger partial charge is 0.205 e. The molecule has 2 heterocycles. The number of nitrogens with zero attached hydrogens (tertiary/aromatic N) is 5. The first-order valence-electron chi connectivity index (χ1n) is 8.33. The monoisotopic (exact) mass is 450 g/mol. The van der Waals surface area contributed by atoms with Crippen LogP contribution in [-0.2, 0) is 6.42 Å². The van der Waals surface area contributed by atoms with Gasteiger partial charge in [0.1, 0.15) is 5.82 Å². The van der Waals surface area contributed by atoms with E-state index in [1.165, 1.54) is 30.8 Å². The lowest BCUT2D eigenvalue weighted by Gasteiger charge is -2.37. The van der Waals surface area contributed by atoms with Crippen LogP contribution in [-0.4, -0.2) is 60.0 Å². The molecule has 2 aliphatic rings. The van der Waals surface area contributed by atoms with Gasteiger partial charge in [0.25, 0.3) is 0 Å². The van der Waals surface area contributed by atoms with Crippen molar-refractivity contribution in [3.8, 4) is 0 Å². The number of rotatable bonds is 4. The van der Waals surface area contributed by atoms with Crippen LogP contribution in [0.15, 0.2) is 4.99 Å². The fourth-order valence-electron chi connectivity index (χ4n) is 2.89. The van der Waals surface area contributed by atoms with E-state index in [1.807, 2.05) is 7.05 Å². The van der Waals surface area contributed by atoms with Crippen molar-refractivity contribution < 1.29 is 0 Å². The van der Waals surface area contributed by atoms with E-state index in [-0.39, 0.29) is 24.0 Å². The van der Waals surface area contributed by atoms with Gasteiger partial charge in [-0.2, -0.15) is 4.37 Å². The standard InChI is InChI=1S/C15H26N6S.HI/c1-3-13-18-15(22-19-13)21-9-7-20(8-10-21)14(16-2)17-11-12-5-4-6-12;/h12H,3-11H2,1-2H3,(H,16,17);1H. The summed E-state index contributed by atoms with van der Waals surface area (Å²) in [6.07, 6.45) is 5.04. The number of guanidine groups is 1. The molecule has 0 radical (unpaired) electrons. The lowest BCUT2D eigenvalue weighted by atomic mass is 9.85. The highest BCUT2D eigenvalue weighted by molar-refractivity contribution is 14.0. The quantitative estimate of drug-likeness (QED) is 0.433. The highest BCUT2D eigenvalue weighted by Crippen LogP contribution is 2.25. The molecule has 1 saturated carbocycles. The minimum absolute atomic E-state index is 0. The van der Waals surface area contributed by atoms with Crippen LogP contribution in [0.5, 0.6) is 0 Å². The highest BCUT2D eigenvalue weighted by atomic mass is 127. The molecular weight excluding hydrogens is 423 g/mol. The Balaban J connectivity index is 0.00000192. The van der Waals surface area contributed by atoms with E-state index in [0.29, 0.717) is 0 Å². The van der Waals surface area contributed by atoms with Crippen LogP contribution in [0, 0.1) is 5.92 Å². The fourth-order valence-corrected chi connectivity index (χ4v) is 3.69. The molecule has 8 heteroatoms. The normalized spacial score (nSPS) is 19.3. The van der Waals surface area contributed by atoms with Gasteiger partial charge in [-0.25, -0.2) is 4.98 Å². The predicted octanol–water partition coefficient (Wildman–Crippen LogP) is 2.22. The van der Waals surface area contributed by atoms with E-state index < -0.39 is 0 Å². The largest absolute Gasteiger partial charge is 0.356 e. The Hall–Kier alpha value is -0.640. The van der Waals surface area contributed by atoms with Crippen LogP contribution >= 0.6 is 35.5 Å². The minimum Gasteiger partial charge on any atom is -0.356 e. The second-order valence-corrected chi connectivity index (χ2v) is 6.78. The maximum atomic E-state index is 4.59. The molecule has 1 N–H and O–H groups in total. The van der Waals surface area contributed by atoms with Crippen molar-refractivity contribution in [3.05, 3.63) is 5.82 Å². The number of piperazine rings is 1. The Bertz CT molecular complexity index is 508. The molecule has 1 aromatic rings. The number of halogens is 1. The molecule has 0 aromatic carbocycles. The number of aromatic nitrogens is 2. The first-order chi connectivity index (χ1) is 10.8. The fraction of sp³-hybridized carbons (Fsp3) is 0.800. The van der Waals surface area contributed by atoms with Crippen LogP contribution in [0.2, 0.25) is 0 Å². The second kappa shape index (κ2) is 9.00. The molecule has 23 heavy (non-hydrogen) atoms. The number of aliphatic imine (C=N–C) groups is 1. The molecule has 1 aliphatic heterocycles. The topological polar surface area (TPSA) is 56.7 Å². The van der Waals surface area contributed by atoms with Crippen molar-refractivity contribution in [1.29, 1.82) is 0 Å². The van der Waals surface area contributed by atoms with E-state index in [1.54, 1.807) is 0 Å². The molecule has 130 valence electrons. The Morgan fingerprint density at radius 3 is 2.57 bits per heavy atom. The summed E-state index contributed by atoms with van der Waals surface area (Å²) >= 11 is 1.52. The van der Waals surface area contributed by atoms with Gasteiger partial charge in [0.15, 0.2) is 5.96 Å². The van der Waals surface area contributed by atoms with E-state index in [2.05, 4.69) is 36.4 Å². The van der Waals surface area contributed by atoms with E-state index in [9.17, 15) is 0 Å². The van der Waals surface area contributed by atoms with Gasteiger partial charge in [0.2, 0.25) is 5.13 Å². The Kier molecular flexibility index (Phi) is 7.32. The van der Waals surface area contributed by atoms with Crippen LogP contribution < -0.4 is 10.2 Å². The molecule has 0 unspecified atom stereocenters. The van der Waals surface area contributed by atoms with Gasteiger partial charge in [-0.05, 0) is 18.8 Å². The molecule has 0 bridgehead atoms. The SMILES string of the molecule is CCc1nsc(N2CCN(C(=NC)NCC3CCC3)CC2)n1.I. The second-order valence-electron chi connectivity index (χ2n) is 6.05. The van der Waals surface area contributed by atoms with Gasteiger partial charge in [0, 0.05) is 57.7 Å². The van der Waals surface area contributed by atoms with Crippen LogP contribution in [0.25, 0.3) is 0 Å². The Morgan fingerprint density at radius 2 is 2.04 bits per heavy atom. The molecule has 0 spiro atoms. The van der Waals surface area contributed by atoms with Gasteiger partial charge in [-0.15, -0.1) is 24.0 Å². The molecule has 1 aromatic heterocycles. The van der Waals surface area contributed by atoms with Gasteiger partial charge >= 0.3 is 0 Å². The third-order valence-electron chi connectivity index (χ3n) is 4.61. The van der Waals surface area contributed by atoms with Crippen molar-refractivity contribution in [2.45, 2.75) is 32.6 Å². The summed E-state index contributed by atoms with van der Waals surface area (Å²) in [5.74, 6) is 2.87. The van der Waals surface area contributed by atoms with Gasteiger partial charge in [-0.1, -0.05) is 13.3 Å². The van der Waals surface area contributed by atoms with Gasteiger partial charge in [-0.3, -0.25) is 4.99 Å². The van der Waals surface area contributed by atoms with Crippen molar-refractivity contribution >= 4 is 46.6 Å². The van der Waals surface area contributed by atoms with Crippen molar-refractivity contribution in [3.63, 3.8) is 0 Å². The van der Waals surface area contributed by atoms with Crippen molar-refractivity contribution in [1.82, 2.24) is 19.6 Å². The Morgan fingerprint density at radius 1 is 1.30 bits per heavy atom. The maximum absolute atomic E-state index is 4.59. The number of nitrogens with one attached hydrogen (secondary N) is 1. The molecule has 0 amide bonds. The zero-order valence-corrected chi connectivity index (χ0v) is 17.1. The van der Waals surface area contributed by atoms with E-state index in [0.717, 1.165) is 62.0 Å². The number of aryl methyl sites for hydroxylation is 1. The number of hydrogen-bond acceptors (Lipinski definition) is 5. The summed E-state index contributed by atoms with van der Waals surface area (Å²) in [5, 5.41) is 4.60. The van der Waals surface area contributed by atoms with E-state index >= 15 is 0 Å². The average molecular weight is 450 g/mol. The zero-order chi connectivity index (χ0) is 15.4.